The predicted molar refractivity (Wildman–Crippen MR) is 98.8 cm³/mol. The van der Waals surface area contributed by atoms with Gasteiger partial charge < -0.3 is 14.4 Å². The smallest absolute Gasteiger partial charge is 0.409 e. The Labute approximate surface area is 158 Å². The van der Waals surface area contributed by atoms with Crippen LogP contribution in [0.5, 0.6) is 0 Å². The molecule has 0 spiro atoms. The van der Waals surface area contributed by atoms with E-state index in [1.165, 1.54) is 15.5 Å². The maximum absolute atomic E-state index is 13.7. The quantitative estimate of drug-likeness (QED) is 0.806. The first-order chi connectivity index (χ1) is 12.2. The molecular formula is C18H20BrFN2O4. The lowest BCUT2D eigenvalue weighted by Gasteiger charge is -2.31. The van der Waals surface area contributed by atoms with Crippen molar-refractivity contribution in [3.8, 4) is 0 Å². The number of halogens is 2. The number of pyridine rings is 1. The molecule has 140 valence electrons. The van der Waals surface area contributed by atoms with E-state index in [2.05, 4.69) is 15.9 Å². The summed E-state index contributed by atoms with van der Waals surface area (Å²) >= 11 is 3.12. The van der Waals surface area contributed by atoms with Crippen LogP contribution in [0.2, 0.25) is 0 Å². The summed E-state index contributed by atoms with van der Waals surface area (Å²) in [5, 5.41) is 10.4. The van der Waals surface area contributed by atoms with Crippen LogP contribution in [0.3, 0.4) is 0 Å². The van der Waals surface area contributed by atoms with Gasteiger partial charge in [-0.1, -0.05) is 0 Å². The summed E-state index contributed by atoms with van der Waals surface area (Å²) < 4.78 is 21.2. The molecule has 1 N–H and O–H groups in total. The zero-order chi connectivity index (χ0) is 19.1. The van der Waals surface area contributed by atoms with E-state index in [1.54, 1.807) is 32.2 Å². The average molecular weight is 427 g/mol. The first-order valence-electron chi connectivity index (χ1n) is 8.35. The number of carboxylic acid groups (broad SMARTS) is 1. The third kappa shape index (κ3) is 3.48. The molecule has 3 rings (SSSR count). The monoisotopic (exact) mass is 426 g/mol. The van der Waals surface area contributed by atoms with E-state index in [0.29, 0.717) is 41.2 Å². The summed E-state index contributed by atoms with van der Waals surface area (Å²) in [7, 11) is 0. The Balaban J connectivity index is 1.73. The Morgan fingerprint density at radius 3 is 2.88 bits per heavy atom. The van der Waals surface area contributed by atoms with Gasteiger partial charge in [0, 0.05) is 12.7 Å². The van der Waals surface area contributed by atoms with Crippen LogP contribution in [0.4, 0.5) is 9.18 Å². The predicted octanol–water partition coefficient (Wildman–Crippen LogP) is 3.80. The van der Waals surface area contributed by atoms with Crippen molar-refractivity contribution >= 4 is 32.8 Å². The van der Waals surface area contributed by atoms with Crippen LogP contribution < -0.4 is 5.56 Å². The van der Waals surface area contributed by atoms with Crippen molar-refractivity contribution in [2.75, 3.05) is 6.61 Å². The summed E-state index contributed by atoms with van der Waals surface area (Å²) in [5.74, 6) is -0.477. The van der Waals surface area contributed by atoms with Gasteiger partial charge in [-0.05, 0) is 66.2 Å². The van der Waals surface area contributed by atoms with Gasteiger partial charge in [-0.25, -0.2) is 9.18 Å². The topological polar surface area (TPSA) is 71.8 Å². The fourth-order valence-electron chi connectivity index (χ4n) is 3.43. The van der Waals surface area contributed by atoms with Crippen LogP contribution in [0.1, 0.15) is 26.7 Å². The molecule has 1 fully saturated rings. The van der Waals surface area contributed by atoms with Gasteiger partial charge in [0.25, 0.3) is 5.56 Å². The molecule has 0 unspecified atom stereocenters. The minimum Gasteiger partial charge on any atom is -0.465 e. The van der Waals surface area contributed by atoms with Gasteiger partial charge in [0.05, 0.1) is 22.5 Å². The highest BCUT2D eigenvalue weighted by molar-refractivity contribution is 9.10. The Hall–Kier alpha value is -1.93. The number of rotatable bonds is 4. The number of hydrogen-bond donors (Lipinski definition) is 1. The van der Waals surface area contributed by atoms with E-state index in [1.807, 2.05) is 0 Å². The van der Waals surface area contributed by atoms with Gasteiger partial charge in [0.15, 0.2) is 0 Å². The fourth-order valence-corrected chi connectivity index (χ4v) is 3.80. The average Bonchev–Trinajstić information content (AvgIpc) is 2.86. The highest BCUT2D eigenvalue weighted by Crippen LogP contribution is 2.29. The molecule has 6 nitrogen and oxygen atoms in total. The maximum atomic E-state index is 13.7. The second-order valence-corrected chi connectivity index (χ2v) is 7.73. The molecule has 26 heavy (non-hydrogen) atoms. The molecule has 1 aromatic heterocycles. The Morgan fingerprint density at radius 2 is 2.19 bits per heavy atom. The van der Waals surface area contributed by atoms with E-state index in [4.69, 9.17) is 4.74 Å². The summed E-state index contributed by atoms with van der Waals surface area (Å²) in [6, 6.07) is 4.34. The number of benzene rings is 1. The van der Waals surface area contributed by atoms with Gasteiger partial charge in [-0.2, -0.15) is 0 Å². The van der Waals surface area contributed by atoms with E-state index in [0.717, 1.165) is 0 Å². The Kier molecular flexibility index (Phi) is 5.07. The molecule has 1 aliphatic heterocycles. The zero-order valence-corrected chi connectivity index (χ0v) is 16.1. The molecule has 1 aromatic carbocycles. The van der Waals surface area contributed by atoms with Crippen LogP contribution in [0.25, 0.3) is 10.8 Å². The molecule has 0 radical (unpaired) electrons. The maximum Gasteiger partial charge on any atom is 0.409 e. The minimum absolute atomic E-state index is 0.243. The van der Waals surface area contributed by atoms with Crippen molar-refractivity contribution in [2.24, 2.45) is 0 Å². The largest absolute Gasteiger partial charge is 0.465 e. The molecule has 8 heteroatoms. The Bertz CT molecular complexity index is 912. The molecule has 1 amide bonds. The first-order valence-corrected chi connectivity index (χ1v) is 9.14. The highest BCUT2D eigenvalue weighted by Gasteiger charge is 2.43. The summed E-state index contributed by atoms with van der Waals surface area (Å²) in [5.41, 5.74) is -1.10. The van der Waals surface area contributed by atoms with E-state index in [-0.39, 0.29) is 11.6 Å². The Morgan fingerprint density at radius 1 is 1.46 bits per heavy atom. The summed E-state index contributed by atoms with van der Waals surface area (Å²) in [4.78, 5) is 25.3. The molecule has 1 atom stereocenters. The van der Waals surface area contributed by atoms with Crippen LogP contribution in [0.15, 0.2) is 33.7 Å². The van der Waals surface area contributed by atoms with Crippen LogP contribution >= 0.6 is 15.9 Å². The van der Waals surface area contributed by atoms with Crippen molar-refractivity contribution in [2.45, 2.75) is 45.0 Å². The SMILES string of the molecule is CC1(C)OC[C@@H](CCCn2ccc3cc(Br)c(F)cc3c2=O)N1C(=O)O. The highest BCUT2D eigenvalue weighted by atomic mass is 79.9. The van der Waals surface area contributed by atoms with E-state index in [9.17, 15) is 19.1 Å². The lowest BCUT2D eigenvalue weighted by molar-refractivity contribution is -0.0421. The third-order valence-corrected chi connectivity index (χ3v) is 5.34. The zero-order valence-electron chi connectivity index (χ0n) is 14.5. The number of aromatic nitrogens is 1. The summed E-state index contributed by atoms with van der Waals surface area (Å²) in [6.07, 6.45) is 1.85. The number of ether oxygens (including phenoxy) is 1. The molecule has 2 heterocycles. The van der Waals surface area contributed by atoms with Crippen molar-refractivity contribution in [3.63, 3.8) is 0 Å². The molecule has 0 aliphatic carbocycles. The van der Waals surface area contributed by atoms with Crippen molar-refractivity contribution in [1.29, 1.82) is 0 Å². The van der Waals surface area contributed by atoms with Crippen molar-refractivity contribution < 1.29 is 19.0 Å². The standard InChI is InChI=1S/C18H20BrFN2O4/c1-18(2)22(17(24)25)12(10-26-18)4-3-6-21-7-5-11-8-14(19)15(20)9-13(11)16(21)23/h5,7-9,12H,3-4,6,10H2,1-2H3,(H,24,25)/t12-/m1/s1. The molecular weight excluding hydrogens is 407 g/mol. The van der Waals surface area contributed by atoms with Crippen molar-refractivity contribution in [3.05, 3.63) is 45.0 Å². The number of amides is 1. The minimum atomic E-state index is -1.01. The number of aryl methyl sites for hydroxylation is 1. The van der Waals surface area contributed by atoms with E-state index < -0.39 is 17.6 Å². The van der Waals surface area contributed by atoms with Crippen molar-refractivity contribution in [1.82, 2.24) is 9.47 Å². The van der Waals surface area contributed by atoms with E-state index >= 15 is 0 Å². The second-order valence-electron chi connectivity index (χ2n) is 6.87. The molecule has 1 saturated heterocycles. The van der Waals surface area contributed by atoms with Gasteiger partial charge in [-0.3, -0.25) is 9.69 Å². The molecule has 1 aliphatic rings. The molecule has 0 saturated carbocycles. The number of carbonyl (C=O) groups is 1. The van der Waals surface area contributed by atoms with Crippen LogP contribution in [-0.4, -0.2) is 39.0 Å². The van der Waals surface area contributed by atoms with Gasteiger partial charge in [0.2, 0.25) is 0 Å². The van der Waals surface area contributed by atoms with Gasteiger partial charge in [-0.15, -0.1) is 0 Å². The number of nitrogens with zero attached hydrogens (tertiary/aromatic N) is 2. The normalized spacial score (nSPS) is 19.2. The summed E-state index contributed by atoms with van der Waals surface area (Å²) in [6.45, 7) is 4.21. The fraction of sp³-hybridized carbons (Fsp3) is 0.444. The lowest BCUT2D eigenvalue weighted by Crippen LogP contribution is -2.47. The number of hydrogen-bond acceptors (Lipinski definition) is 3. The second kappa shape index (κ2) is 7.00. The van der Waals surface area contributed by atoms with Gasteiger partial charge >= 0.3 is 6.09 Å². The molecule has 2 aromatic rings. The molecule has 0 bridgehead atoms. The van der Waals surface area contributed by atoms with Gasteiger partial charge in [0.1, 0.15) is 11.5 Å². The lowest BCUT2D eigenvalue weighted by atomic mass is 10.1. The van der Waals surface area contributed by atoms with Crippen LogP contribution in [0, 0.1) is 5.82 Å². The third-order valence-electron chi connectivity index (χ3n) is 4.73. The van der Waals surface area contributed by atoms with Crippen LogP contribution in [-0.2, 0) is 11.3 Å². The number of fused-ring (bicyclic) bond motifs is 1. The first kappa shape index (κ1) is 18.8.